The summed E-state index contributed by atoms with van der Waals surface area (Å²) in [5.41, 5.74) is 0.831. The lowest BCUT2D eigenvalue weighted by molar-refractivity contribution is -0.116. The van der Waals surface area contributed by atoms with E-state index in [-0.39, 0.29) is 11.9 Å². The van der Waals surface area contributed by atoms with Crippen LogP contribution in [-0.2, 0) is 4.79 Å². The zero-order valence-electron chi connectivity index (χ0n) is 15.2. The minimum atomic E-state index is -0.214. The van der Waals surface area contributed by atoms with Gasteiger partial charge < -0.3 is 19.2 Å². The fraction of sp³-hybridized carbons (Fsp3) is 0.200. The van der Waals surface area contributed by atoms with E-state index < -0.39 is 0 Å². The Hall–Kier alpha value is -3.48. The van der Waals surface area contributed by atoms with Crippen molar-refractivity contribution >= 4 is 12.0 Å². The Morgan fingerprint density at radius 3 is 2.78 bits per heavy atom. The van der Waals surface area contributed by atoms with Crippen LogP contribution in [0.3, 0.4) is 0 Å². The van der Waals surface area contributed by atoms with Crippen LogP contribution < -0.4 is 14.8 Å². The summed E-state index contributed by atoms with van der Waals surface area (Å²) in [4.78, 5) is 12.2. The van der Waals surface area contributed by atoms with Crippen molar-refractivity contribution in [3.05, 3.63) is 72.5 Å². The molecular formula is C20H21N3O4. The number of hydrogen-bond acceptors (Lipinski definition) is 5. The number of ether oxygens (including phenoxy) is 2. The monoisotopic (exact) mass is 367 g/mol. The minimum Gasteiger partial charge on any atom is -0.493 e. The lowest BCUT2D eigenvalue weighted by atomic mass is 10.2. The van der Waals surface area contributed by atoms with Crippen molar-refractivity contribution in [2.75, 3.05) is 20.8 Å². The van der Waals surface area contributed by atoms with Crippen LogP contribution in [0.25, 0.3) is 6.08 Å². The van der Waals surface area contributed by atoms with Crippen LogP contribution in [0.4, 0.5) is 0 Å². The second-order valence-electron chi connectivity index (χ2n) is 5.71. The van der Waals surface area contributed by atoms with Crippen LogP contribution in [0.15, 0.2) is 65.5 Å². The molecule has 0 saturated heterocycles. The normalized spacial score (nSPS) is 12.1. The van der Waals surface area contributed by atoms with Crippen molar-refractivity contribution in [2.45, 2.75) is 6.04 Å². The fourth-order valence-electron chi connectivity index (χ4n) is 2.65. The van der Waals surface area contributed by atoms with Gasteiger partial charge in [-0.25, -0.2) is 0 Å². The van der Waals surface area contributed by atoms with Gasteiger partial charge in [-0.1, -0.05) is 6.07 Å². The summed E-state index contributed by atoms with van der Waals surface area (Å²) in [7, 11) is 3.15. The van der Waals surface area contributed by atoms with E-state index in [1.807, 2.05) is 30.5 Å². The molecule has 27 heavy (non-hydrogen) atoms. The van der Waals surface area contributed by atoms with E-state index in [1.54, 1.807) is 49.6 Å². The predicted molar refractivity (Wildman–Crippen MR) is 101 cm³/mol. The molecule has 1 atom stereocenters. The molecule has 2 heterocycles. The van der Waals surface area contributed by atoms with Gasteiger partial charge in [0.25, 0.3) is 0 Å². The highest BCUT2D eigenvalue weighted by Crippen LogP contribution is 2.27. The molecule has 0 saturated carbocycles. The number of furan rings is 1. The maximum atomic E-state index is 12.2. The first-order chi connectivity index (χ1) is 13.2. The first-order valence-corrected chi connectivity index (χ1v) is 8.41. The van der Waals surface area contributed by atoms with Crippen molar-refractivity contribution in [2.24, 2.45) is 0 Å². The van der Waals surface area contributed by atoms with Crippen molar-refractivity contribution in [1.29, 1.82) is 0 Å². The van der Waals surface area contributed by atoms with E-state index in [0.717, 1.165) is 11.3 Å². The Labute approximate surface area is 157 Å². The van der Waals surface area contributed by atoms with Crippen molar-refractivity contribution in [3.8, 4) is 11.5 Å². The number of hydrogen-bond donors (Lipinski definition) is 1. The Morgan fingerprint density at radius 2 is 2.11 bits per heavy atom. The summed E-state index contributed by atoms with van der Waals surface area (Å²) < 4.78 is 17.7. The van der Waals surface area contributed by atoms with Crippen LogP contribution in [0.1, 0.15) is 17.4 Å². The van der Waals surface area contributed by atoms with Gasteiger partial charge in [-0.2, -0.15) is 5.10 Å². The molecule has 1 amide bonds. The second kappa shape index (κ2) is 8.75. The number of carbonyl (C=O) groups is 1. The van der Waals surface area contributed by atoms with E-state index in [9.17, 15) is 4.79 Å². The smallest absolute Gasteiger partial charge is 0.244 e. The number of benzene rings is 1. The Bertz CT molecular complexity index is 852. The third-order valence-electron chi connectivity index (χ3n) is 4.02. The lowest BCUT2D eigenvalue weighted by Crippen LogP contribution is -2.30. The highest BCUT2D eigenvalue weighted by atomic mass is 16.5. The van der Waals surface area contributed by atoms with Crippen molar-refractivity contribution in [3.63, 3.8) is 0 Å². The maximum absolute atomic E-state index is 12.2. The van der Waals surface area contributed by atoms with E-state index >= 15 is 0 Å². The average molecular weight is 367 g/mol. The molecule has 3 aromatic rings. The Balaban J connectivity index is 1.64. The van der Waals surface area contributed by atoms with Gasteiger partial charge in [-0.3, -0.25) is 9.48 Å². The summed E-state index contributed by atoms with van der Waals surface area (Å²) in [6.07, 6.45) is 8.31. The molecule has 140 valence electrons. The molecule has 7 nitrogen and oxygen atoms in total. The molecule has 1 aromatic carbocycles. The molecule has 0 aliphatic rings. The highest BCUT2D eigenvalue weighted by molar-refractivity contribution is 5.91. The molecule has 0 aliphatic heterocycles. The van der Waals surface area contributed by atoms with E-state index in [1.165, 1.54) is 6.08 Å². The molecule has 7 heteroatoms. The number of aromatic nitrogens is 2. The van der Waals surface area contributed by atoms with Crippen LogP contribution in [0, 0.1) is 0 Å². The SMILES string of the molecule is COc1ccc(/C=C/C(=O)NCC(c2ccco2)n2cccn2)cc1OC. The minimum absolute atomic E-state index is 0.214. The third kappa shape index (κ3) is 4.58. The van der Waals surface area contributed by atoms with Gasteiger partial charge in [0.15, 0.2) is 11.5 Å². The van der Waals surface area contributed by atoms with Crippen LogP contribution >= 0.6 is 0 Å². The fourth-order valence-corrected chi connectivity index (χ4v) is 2.65. The maximum Gasteiger partial charge on any atom is 0.244 e. The molecule has 3 rings (SSSR count). The van der Waals surface area contributed by atoms with Gasteiger partial charge in [0, 0.05) is 25.0 Å². The van der Waals surface area contributed by atoms with E-state index in [0.29, 0.717) is 18.0 Å². The molecule has 0 spiro atoms. The number of carbonyl (C=O) groups excluding carboxylic acids is 1. The van der Waals surface area contributed by atoms with Gasteiger partial charge in [-0.15, -0.1) is 0 Å². The topological polar surface area (TPSA) is 78.5 Å². The quantitative estimate of drug-likeness (QED) is 0.620. The van der Waals surface area contributed by atoms with E-state index in [2.05, 4.69) is 10.4 Å². The Kier molecular flexibility index (Phi) is 5.94. The van der Waals surface area contributed by atoms with Crippen LogP contribution in [0.2, 0.25) is 0 Å². The number of nitrogens with one attached hydrogen (secondary N) is 1. The van der Waals surface area contributed by atoms with Crippen LogP contribution in [0.5, 0.6) is 11.5 Å². The molecular weight excluding hydrogens is 346 g/mol. The third-order valence-corrected chi connectivity index (χ3v) is 4.02. The number of methoxy groups -OCH3 is 2. The van der Waals surface area contributed by atoms with Gasteiger partial charge in [0.2, 0.25) is 5.91 Å². The molecule has 0 bridgehead atoms. The summed E-state index contributed by atoms with van der Waals surface area (Å²) in [6, 6.07) is 10.7. The number of nitrogens with zero attached hydrogens (tertiary/aromatic N) is 2. The molecule has 1 N–H and O–H groups in total. The zero-order valence-corrected chi connectivity index (χ0v) is 15.2. The van der Waals surface area contributed by atoms with Crippen molar-refractivity contribution in [1.82, 2.24) is 15.1 Å². The molecule has 0 radical (unpaired) electrons. The highest BCUT2D eigenvalue weighted by Gasteiger charge is 2.17. The molecule has 0 fully saturated rings. The summed E-state index contributed by atoms with van der Waals surface area (Å²) in [6.45, 7) is 0.351. The first-order valence-electron chi connectivity index (χ1n) is 8.41. The number of amides is 1. The largest absolute Gasteiger partial charge is 0.493 e. The van der Waals surface area contributed by atoms with Gasteiger partial charge in [-0.05, 0) is 42.0 Å². The Morgan fingerprint density at radius 1 is 1.26 bits per heavy atom. The standard InChI is InChI=1S/C20H21N3O4/c1-25-18-8-6-15(13-19(18)26-2)7-9-20(24)21-14-16(17-5-3-12-27-17)23-11-4-10-22-23/h3-13,16H,14H2,1-2H3,(H,21,24)/b9-7+. The average Bonchev–Trinajstić information content (AvgIpc) is 3.41. The predicted octanol–water partition coefficient (Wildman–Crippen LogP) is 2.91. The summed E-state index contributed by atoms with van der Waals surface area (Å²) in [5.74, 6) is 1.76. The summed E-state index contributed by atoms with van der Waals surface area (Å²) >= 11 is 0. The van der Waals surface area contributed by atoms with Gasteiger partial charge in [0.05, 0.1) is 20.5 Å². The van der Waals surface area contributed by atoms with Gasteiger partial charge in [0.1, 0.15) is 11.8 Å². The second-order valence-corrected chi connectivity index (χ2v) is 5.71. The first kappa shape index (κ1) is 18.3. The summed E-state index contributed by atoms with van der Waals surface area (Å²) in [5, 5.41) is 7.12. The molecule has 1 unspecified atom stereocenters. The van der Waals surface area contributed by atoms with E-state index in [4.69, 9.17) is 13.9 Å². The molecule has 2 aromatic heterocycles. The zero-order chi connectivity index (χ0) is 19.1. The lowest BCUT2D eigenvalue weighted by Gasteiger charge is -2.15. The number of rotatable bonds is 8. The molecule has 0 aliphatic carbocycles. The van der Waals surface area contributed by atoms with Gasteiger partial charge >= 0.3 is 0 Å². The van der Waals surface area contributed by atoms with Crippen LogP contribution in [-0.4, -0.2) is 36.5 Å². The van der Waals surface area contributed by atoms with Crippen molar-refractivity contribution < 1.29 is 18.7 Å².